The van der Waals surface area contributed by atoms with Gasteiger partial charge in [0.05, 0.1) is 5.69 Å². The molecule has 2 aromatic rings. The molecular weight excluding hydrogens is 335 g/mol. The highest BCUT2D eigenvalue weighted by Crippen LogP contribution is 2.22. The molecular formula is C16H16F3N5O. The fraction of sp³-hybridized carbons (Fsp3) is 0.312. The molecule has 1 aliphatic heterocycles. The third-order valence-electron chi connectivity index (χ3n) is 3.97. The van der Waals surface area contributed by atoms with Crippen molar-refractivity contribution in [3.05, 3.63) is 47.4 Å². The molecule has 1 aromatic heterocycles. The molecule has 0 spiro atoms. The van der Waals surface area contributed by atoms with Crippen LogP contribution >= 0.6 is 0 Å². The van der Waals surface area contributed by atoms with E-state index in [1.165, 1.54) is 12.1 Å². The lowest BCUT2D eigenvalue weighted by molar-refractivity contribution is 0.0657. The number of aromatic nitrogens is 2. The molecule has 6 nitrogen and oxygen atoms in total. The molecule has 0 aliphatic carbocycles. The van der Waals surface area contributed by atoms with Crippen molar-refractivity contribution in [2.75, 3.05) is 38.5 Å². The van der Waals surface area contributed by atoms with E-state index in [2.05, 4.69) is 20.4 Å². The Hall–Kier alpha value is -2.68. The topological polar surface area (TPSA) is 61.4 Å². The maximum absolute atomic E-state index is 13.6. The molecule has 1 fully saturated rings. The predicted octanol–water partition coefficient (Wildman–Crippen LogP) is 2.03. The van der Waals surface area contributed by atoms with Crippen LogP contribution in [-0.2, 0) is 0 Å². The van der Waals surface area contributed by atoms with Crippen molar-refractivity contribution in [1.29, 1.82) is 0 Å². The first-order valence-electron chi connectivity index (χ1n) is 7.68. The summed E-state index contributed by atoms with van der Waals surface area (Å²) in [6.45, 7) is 2.79. The third-order valence-corrected chi connectivity index (χ3v) is 3.97. The van der Waals surface area contributed by atoms with Gasteiger partial charge in [-0.15, -0.1) is 10.2 Å². The Balaban J connectivity index is 1.70. The summed E-state index contributed by atoms with van der Waals surface area (Å²) in [5.41, 5.74) is -0.104. The summed E-state index contributed by atoms with van der Waals surface area (Å²) in [5, 5.41) is 10.1. The number of carbonyl (C=O) groups is 1. The lowest BCUT2D eigenvalue weighted by Crippen LogP contribution is -2.47. The van der Waals surface area contributed by atoms with Gasteiger partial charge in [0.1, 0.15) is 0 Å². The molecule has 0 unspecified atom stereocenters. The molecule has 1 saturated heterocycles. The highest BCUT2D eigenvalue weighted by molar-refractivity contribution is 5.92. The standard InChI is InChI=1S/C16H16F3N5O/c1-23-6-8-24(9-7-23)16(25)12-4-5-13(22-21-12)20-11-3-2-10(17)14(18)15(11)19/h2-5H,6-9H2,1H3,(H,20,22). The summed E-state index contributed by atoms with van der Waals surface area (Å²) in [5.74, 6) is -4.31. The summed E-state index contributed by atoms with van der Waals surface area (Å²) in [6.07, 6.45) is 0. The summed E-state index contributed by atoms with van der Waals surface area (Å²) in [4.78, 5) is 16.2. The number of hydrogen-bond acceptors (Lipinski definition) is 5. The molecule has 1 amide bonds. The zero-order valence-electron chi connectivity index (χ0n) is 13.5. The Morgan fingerprint density at radius 2 is 1.72 bits per heavy atom. The van der Waals surface area contributed by atoms with Crippen LogP contribution in [0.15, 0.2) is 24.3 Å². The van der Waals surface area contributed by atoms with Gasteiger partial charge >= 0.3 is 0 Å². The Morgan fingerprint density at radius 1 is 1.00 bits per heavy atom. The SMILES string of the molecule is CN1CCN(C(=O)c2ccc(Nc3ccc(F)c(F)c3F)nn2)CC1. The lowest BCUT2D eigenvalue weighted by Gasteiger charge is -2.32. The van der Waals surface area contributed by atoms with Crippen molar-refractivity contribution >= 4 is 17.4 Å². The molecule has 0 bridgehead atoms. The van der Waals surface area contributed by atoms with E-state index in [1.807, 2.05) is 7.05 Å². The number of benzene rings is 1. The van der Waals surface area contributed by atoms with Crippen LogP contribution in [0.5, 0.6) is 0 Å². The normalized spacial score (nSPS) is 15.3. The smallest absolute Gasteiger partial charge is 0.274 e. The minimum Gasteiger partial charge on any atom is -0.336 e. The Kier molecular flexibility index (Phi) is 4.84. The molecule has 0 saturated carbocycles. The van der Waals surface area contributed by atoms with Crippen molar-refractivity contribution in [1.82, 2.24) is 20.0 Å². The van der Waals surface area contributed by atoms with E-state index < -0.39 is 17.5 Å². The Labute approximate surface area is 142 Å². The number of likely N-dealkylation sites (N-methyl/N-ethyl adjacent to an activating group) is 1. The van der Waals surface area contributed by atoms with E-state index in [0.29, 0.717) is 13.1 Å². The number of nitrogens with one attached hydrogen (secondary N) is 1. The first-order valence-corrected chi connectivity index (χ1v) is 7.68. The van der Waals surface area contributed by atoms with Crippen molar-refractivity contribution in [3.63, 3.8) is 0 Å². The van der Waals surface area contributed by atoms with E-state index in [4.69, 9.17) is 0 Å². The quantitative estimate of drug-likeness (QED) is 0.858. The second-order valence-electron chi connectivity index (χ2n) is 5.75. The number of hydrogen-bond donors (Lipinski definition) is 1. The van der Waals surface area contributed by atoms with Crippen molar-refractivity contribution < 1.29 is 18.0 Å². The molecule has 132 valence electrons. The number of nitrogens with zero attached hydrogens (tertiary/aromatic N) is 4. The monoisotopic (exact) mass is 351 g/mol. The van der Waals surface area contributed by atoms with Gasteiger partial charge in [0.15, 0.2) is 29.0 Å². The van der Waals surface area contributed by atoms with Crippen LogP contribution < -0.4 is 5.32 Å². The number of rotatable bonds is 3. The second kappa shape index (κ2) is 7.06. The van der Waals surface area contributed by atoms with Crippen LogP contribution in [0, 0.1) is 17.5 Å². The minimum atomic E-state index is -1.57. The molecule has 0 atom stereocenters. The van der Waals surface area contributed by atoms with Gasteiger partial charge in [-0.1, -0.05) is 0 Å². The van der Waals surface area contributed by atoms with Gasteiger partial charge in [0.25, 0.3) is 5.91 Å². The molecule has 1 N–H and O–H groups in total. The highest BCUT2D eigenvalue weighted by Gasteiger charge is 2.21. The van der Waals surface area contributed by atoms with Crippen molar-refractivity contribution in [2.45, 2.75) is 0 Å². The lowest BCUT2D eigenvalue weighted by atomic mass is 10.2. The highest BCUT2D eigenvalue weighted by atomic mass is 19.2. The fourth-order valence-electron chi connectivity index (χ4n) is 2.44. The first-order chi connectivity index (χ1) is 12.0. The van der Waals surface area contributed by atoms with E-state index in [-0.39, 0.29) is 23.1 Å². The van der Waals surface area contributed by atoms with Gasteiger partial charge in [-0.3, -0.25) is 4.79 Å². The summed E-state index contributed by atoms with van der Waals surface area (Å²) in [7, 11) is 1.99. The van der Waals surface area contributed by atoms with Gasteiger partial charge in [0, 0.05) is 26.2 Å². The fourth-order valence-corrected chi connectivity index (χ4v) is 2.44. The van der Waals surface area contributed by atoms with E-state index in [1.54, 1.807) is 4.90 Å². The average molecular weight is 351 g/mol. The first kappa shape index (κ1) is 17.2. The molecule has 3 rings (SSSR count). The summed E-state index contributed by atoms with van der Waals surface area (Å²) in [6, 6.07) is 4.74. The molecule has 1 aliphatic rings. The molecule has 0 radical (unpaired) electrons. The van der Waals surface area contributed by atoms with Gasteiger partial charge in [0.2, 0.25) is 0 Å². The van der Waals surface area contributed by atoms with E-state index >= 15 is 0 Å². The number of anilines is 2. The largest absolute Gasteiger partial charge is 0.336 e. The maximum Gasteiger partial charge on any atom is 0.274 e. The number of halogens is 3. The summed E-state index contributed by atoms with van der Waals surface area (Å²) >= 11 is 0. The third kappa shape index (κ3) is 3.71. The van der Waals surface area contributed by atoms with Crippen LogP contribution in [0.25, 0.3) is 0 Å². The predicted molar refractivity (Wildman–Crippen MR) is 85.0 cm³/mol. The zero-order chi connectivity index (χ0) is 18.0. The van der Waals surface area contributed by atoms with Gasteiger partial charge in [-0.05, 0) is 31.3 Å². The molecule has 1 aromatic carbocycles. The zero-order valence-corrected chi connectivity index (χ0v) is 13.5. The maximum atomic E-state index is 13.6. The number of carbonyl (C=O) groups excluding carboxylic acids is 1. The van der Waals surface area contributed by atoms with Gasteiger partial charge in [-0.25, -0.2) is 13.2 Å². The average Bonchev–Trinajstić information content (AvgIpc) is 2.63. The van der Waals surface area contributed by atoms with Crippen LogP contribution in [0.2, 0.25) is 0 Å². The van der Waals surface area contributed by atoms with Crippen LogP contribution in [0.1, 0.15) is 10.5 Å². The molecule has 25 heavy (non-hydrogen) atoms. The van der Waals surface area contributed by atoms with E-state index in [0.717, 1.165) is 25.2 Å². The van der Waals surface area contributed by atoms with Crippen LogP contribution in [-0.4, -0.2) is 59.1 Å². The van der Waals surface area contributed by atoms with Gasteiger partial charge < -0.3 is 15.1 Å². The van der Waals surface area contributed by atoms with Gasteiger partial charge in [-0.2, -0.15) is 0 Å². The Morgan fingerprint density at radius 3 is 2.36 bits per heavy atom. The molecule has 9 heteroatoms. The molecule has 2 heterocycles. The number of piperazine rings is 1. The summed E-state index contributed by atoms with van der Waals surface area (Å²) < 4.78 is 39.8. The van der Waals surface area contributed by atoms with Crippen LogP contribution in [0.4, 0.5) is 24.7 Å². The Bertz CT molecular complexity index is 776. The second-order valence-corrected chi connectivity index (χ2v) is 5.75. The van der Waals surface area contributed by atoms with Crippen LogP contribution in [0.3, 0.4) is 0 Å². The minimum absolute atomic E-state index is 0.111. The van der Waals surface area contributed by atoms with Crippen molar-refractivity contribution in [3.8, 4) is 0 Å². The van der Waals surface area contributed by atoms with E-state index in [9.17, 15) is 18.0 Å². The van der Waals surface area contributed by atoms with Crippen molar-refractivity contribution in [2.24, 2.45) is 0 Å². The number of amides is 1.